The van der Waals surface area contributed by atoms with Gasteiger partial charge in [-0.25, -0.2) is 13.8 Å². The van der Waals surface area contributed by atoms with E-state index in [0.29, 0.717) is 16.9 Å². The molecule has 152 valence electrons. The second kappa shape index (κ2) is 8.32. The van der Waals surface area contributed by atoms with E-state index < -0.39 is 17.7 Å². The molecule has 7 heteroatoms. The van der Waals surface area contributed by atoms with Gasteiger partial charge in [-0.1, -0.05) is 18.2 Å². The van der Waals surface area contributed by atoms with Crippen molar-refractivity contribution >= 4 is 11.6 Å². The monoisotopic (exact) mass is 407 g/mol. The molecular formula is C23H19F2N3O2. The highest BCUT2D eigenvalue weighted by molar-refractivity contribution is 5.94. The van der Waals surface area contributed by atoms with Crippen LogP contribution in [0, 0.1) is 11.6 Å². The van der Waals surface area contributed by atoms with E-state index in [2.05, 4.69) is 10.3 Å². The second-order valence-corrected chi connectivity index (χ2v) is 6.88. The maximum atomic E-state index is 13.4. The first-order valence-electron chi connectivity index (χ1n) is 9.41. The van der Waals surface area contributed by atoms with Crippen molar-refractivity contribution in [2.45, 2.75) is 19.6 Å². The van der Waals surface area contributed by atoms with Crippen molar-refractivity contribution in [3.05, 3.63) is 102 Å². The molecule has 0 aliphatic rings. The Labute approximate surface area is 171 Å². The van der Waals surface area contributed by atoms with Gasteiger partial charge >= 0.3 is 0 Å². The molecule has 1 unspecified atom stereocenters. The number of hydrogen-bond acceptors (Lipinski definition) is 3. The Kier molecular flexibility index (Phi) is 5.43. The van der Waals surface area contributed by atoms with E-state index in [9.17, 15) is 13.6 Å². The molecule has 1 N–H and O–H groups in total. The van der Waals surface area contributed by atoms with Gasteiger partial charge in [0.2, 0.25) is 0 Å². The Morgan fingerprint density at radius 2 is 1.97 bits per heavy atom. The minimum atomic E-state index is -0.948. The zero-order valence-corrected chi connectivity index (χ0v) is 16.2. The number of carbonyl (C=O) groups excluding carboxylic acids is 1. The molecule has 1 atom stereocenters. The number of pyridine rings is 1. The number of fused-ring (bicyclic) bond motifs is 1. The largest absolute Gasteiger partial charge is 0.487 e. The highest BCUT2D eigenvalue weighted by Crippen LogP contribution is 2.19. The number of rotatable bonds is 6. The third-order valence-electron chi connectivity index (χ3n) is 4.69. The van der Waals surface area contributed by atoms with Crippen LogP contribution in [0.2, 0.25) is 0 Å². The molecule has 2 aromatic heterocycles. The zero-order valence-electron chi connectivity index (χ0n) is 16.2. The number of hydrogen-bond donors (Lipinski definition) is 1. The molecule has 4 rings (SSSR count). The van der Waals surface area contributed by atoms with Crippen molar-refractivity contribution in [1.29, 1.82) is 0 Å². The number of amides is 1. The molecule has 0 radical (unpaired) electrons. The number of benzene rings is 2. The molecular weight excluding hydrogens is 388 g/mol. The molecule has 0 bridgehead atoms. The van der Waals surface area contributed by atoms with E-state index in [4.69, 9.17) is 4.74 Å². The Hall–Kier alpha value is -3.74. The fraction of sp³-hybridized carbons (Fsp3) is 0.130. The molecule has 2 heterocycles. The van der Waals surface area contributed by atoms with Crippen LogP contribution < -0.4 is 10.1 Å². The average Bonchev–Trinajstić information content (AvgIpc) is 3.17. The SMILES string of the molecule is CC(NC(=O)c1cccc(OCc2cn3ccccc3n2)c1)c1ccc(F)c(F)c1. The maximum absolute atomic E-state index is 13.4. The fourth-order valence-corrected chi connectivity index (χ4v) is 3.09. The summed E-state index contributed by atoms with van der Waals surface area (Å²) >= 11 is 0. The molecule has 0 aliphatic carbocycles. The minimum Gasteiger partial charge on any atom is -0.487 e. The van der Waals surface area contributed by atoms with Gasteiger partial charge in [-0.05, 0) is 55.0 Å². The Balaban J connectivity index is 1.41. The van der Waals surface area contributed by atoms with Gasteiger partial charge in [0, 0.05) is 18.0 Å². The standard InChI is InChI=1S/C23H19F2N3O2/c1-15(16-8-9-20(24)21(25)12-16)26-23(29)17-5-4-6-19(11-17)30-14-18-13-28-10-3-2-7-22(28)27-18/h2-13,15H,14H2,1H3,(H,26,29). The summed E-state index contributed by atoms with van der Waals surface area (Å²) in [7, 11) is 0. The molecule has 0 saturated carbocycles. The topological polar surface area (TPSA) is 55.6 Å². The van der Waals surface area contributed by atoms with Crippen LogP contribution in [-0.2, 0) is 6.61 Å². The van der Waals surface area contributed by atoms with Gasteiger partial charge in [0.15, 0.2) is 11.6 Å². The van der Waals surface area contributed by atoms with Crippen molar-refractivity contribution in [2.24, 2.45) is 0 Å². The van der Waals surface area contributed by atoms with Crippen LogP contribution in [0.25, 0.3) is 5.65 Å². The van der Waals surface area contributed by atoms with Crippen molar-refractivity contribution in [2.75, 3.05) is 0 Å². The summed E-state index contributed by atoms with van der Waals surface area (Å²) in [5.41, 5.74) is 2.47. The summed E-state index contributed by atoms with van der Waals surface area (Å²) in [4.78, 5) is 17.0. The van der Waals surface area contributed by atoms with Crippen LogP contribution in [-0.4, -0.2) is 15.3 Å². The third-order valence-corrected chi connectivity index (χ3v) is 4.69. The van der Waals surface area contributed by atoms with E-state index >= 15 is 0 Å². The lowest BCUT2D eigenvalue weighted by atomic mass is 10.1. The van der Waals surface area contributed by atoms with Crippen LogP contribution in [0.4, 0.5) is 8.78 Å². The number of ether oxygens (including phenoxy) is 1. The Morgan fingerprint density at radius 1 is 1.10 bits per heavy atom. The first-order chi connectivity index (χ1) is 14.5. The minimum absolute atomic E-state index is 0.262. The van der Waals surface area contributed by atoms with Crippen molar-refractivity contribution in [1.82, 2.24) is 14.7 Å². The Morgan fingerprint density at radius 3 is 2.77 bits per heavy atom. The molecule has 4 aromatic rings. The third kappa shape index (κ3) is 4.30. The first kappa shape index (κ1) is 19.6. The number of imidazole rings is 1. The van der Waals surface area contributed by atoms with E-state index in [1.54, 1.807) is 31.2 Å². The molecule has 1 amide bonds. The molecule has 0 fully saturated rings. The van der Waals surface area contributed by atoms with Crippen LogP contribution in [0.15, 0.2) is 73.1 Å². The van der Waals surface area contributed by atoms with Gasteiger partial charge in [0.1, 0.15) is 18.0 Å². The predicted octanol–water partition coefficient (Wildman–Crippen LogP) is 4.68. The molecule has 0 aliphatic heterocycles. The van der Waals surface area contributed by atoms with Crippen LogP contribution in [0.5, 0.6) is 5.75 Å². The number of nitrogens with one attached hydrogen (secondary N) is 1. The van der Waals surface area contributed by atoms with E-state index in [0.717, 1.165) is 23.5 Å². The number of nitrogens with zero attached hydrogens (tertiary/aromatic N) is 2. The van der Waals surface area contributed by atoms with Gasteiger partial charge in [-0.2, -0.15) is 0 Å². The van der Waals surface area contributed by atoms with E-state index in [-0.39, 0.29) is 12.5 Å². The quantitative estimate of drug-likeness (QED) is 0.505. The number of carbonyl (C=O) groups is 1. The van der Waals surface area contributed by atoms with Crippen molar-refractivity contribution < 1.29 is 18.3 Å². The van der Waals surface area contributed by atoms with Gasteiger partial charge in [-0.15, -0.1) is 0 Å². The molecule has 0 spiro atoms. The zero-order chi connectivity index (χ0) is 21.1. The van der Waals surface area contributed by atoms with Crippen LogP contribution in [0.1, 0.15) is 34.6 Å². The van der Waals surface area contributed by atoms with Gasteiger partial charge < -0.3 is 14.5 Å². The van der Waals surface area contributed by atoms with Crippen LogP contribution >= 0.6 is 0 Å². The fourth-order valence-electron chi connectivity index (χ4n) is 3.09. The maximum Gasteiger partial charge on any atom is 0.251 e. The first-order valence-corrected chi connectivity index (χ1v) is 9.41. The smallest absolute Gasteiger partial charge is 0.251 e. The van der Waals surface area contributed by atoms with Gasteiger partial charge in [0.05, 0.1) is 11.7 Å². The van der Waals surface area contributed by atoms with Crippen LogP contribution in [0.3, 0.4) is 0 Å². The highest BCUT2D eigenvalue weighted by Gasteiger charge is 2.14. The molecule has 30 heavy (non-hydrogen) atoms. The predicted molar refractivity (Wildman–Crippen MR) is 108 cm³/mol. The number of aromatic nitrogens is 2. The lowest BCUT2D eigenvalue weighted by Gasteiger charge is -2.15. The van der Waals surface area contributed by atoms with E-state index in [1.807, 2.05) is 35.0 Å². The van der Waals surface area contributed by atoms with Crippen molar-refractivity contribution in [3.63, 3.8) is 0 Å². The number of halogens is 2. The summed E-state index contributed by atoms with van der Waals surface area (Å²) in [5.74, 6) is -1.69. The summed E-state index contributed by atoms with van der Waals surface area (Å²) in [6, 6.07) is 15.6. The summed E-state index contributed by atoms with van der Waals surface area (Å²) in [6.45, 7) is 1.96. The normalized spacial score (nSPS) is 12.0. The summed E-state index contributed by atoms with van der Waals surface area (Å²) in [5, 5.41) is 2.78. The highest BCUT2D eigenvalue weighted by atomic mass is 19.2. The molecule has 2 aromatic carbocycles. The van der Waals surface area contributed by atoms with Crippen molar-refractivity contribution in [3.8, 4) is 5.75 Å². The molecule has 5 nitrogen and oxygen atoms in total. The molecule has 0 saturated heterocycles. The average molecular weight is 407 g/mol. The summed E-state index contributed by atoms with van der Waals surface area (Å²) < 4.78 is 34.2. The van der Waals surface area contributed by atoms with E-state index in [1.165, 1.54) is 6.07 Å². The van der Waals surface area contributed by atoms with Gasteiger partial charge in [0.25, 0.3) is 5.91 Å². The lowest BCUT2D eigenvalue weighted by molar-refractivity contribution is 0.0939. The van der Waals surface area contributed by atoms with Gasteiger partial charge in [-0.3, -0.25) is 4.79 Å². The summed E-state index contributed by atoms with van der Waals surface area (Å²) in [6.07, 6.45) is 3.79. The Bertz CT molecular complexity index is 1170. The lowest BCUT2D eigenvalue weighted by Crippen LogP contribution is -2.26. The second-order valence-electron chi connectivity index (χ2n) is 6.88.